The average Bonchev–Trinajstić information content (AvgIpc) is 2.75. The molecule has 0 bridgehead atoms. The van der Waals surface area contributed by atoms with Crippen LogP contribution in [0.1, 0.15) is 61.8 Å². The lowest BCUT2D eigenvalue weighted by Gasteiger charge is -2.36. The van der Waals surface area contributed by atoms with Crippen LogP contribution in [0.25, 0.3) is 0 Å². The lowest BCUT2D eigenvalue weighted by atomic mass is 9.98. The lowest BCUT2D eigenvalue weighted by Crippen LogP contribution is -2.49. The molecule has 0 aliphatic carbocycles. The maximum absolute atomic E-state index is 13.7. The summed E-state index contributed by atoms with van der Waals surface area (Å²) < 4.78 is 35.0. The summed E-state index contributed by atoms with van der Waals surface area (Å²) in [4.78, 5) is 2.60. The van der Waals surface area contributed by atoms with Gasteiger partial charge in [0.1, 0.15) is 10.6 Å². The van der Waals surface area contributed by atoms with Gasteiger partial charge in [-0.25, -0.2) is 8.42 Å². The minimum Gasteiger partial charge on any atom is -0.492 e. The topological polar surface area (TPSA) is 49.9 Å². The number of anilines is 1. The second-order valence-corrected chi connectivity index (χ2v) is 11.0. The van der Waals surface area contributed by atoms with Gasteiger partial charge >= 0.3 is 0 Å². The molecular weight excluding hydrogens is 420 g/mol. The summed E-state index contributed by atoms with van der Waals surface area (Å²) in [6, 6.07) is 10.1. The van der Waals surface area contributed by atoms with Gasteiger partial charge in [-0.1, -0.05) is 39.3 Å². The standard InChI is InChI=1S/C26H38N2O3S/c1-7-8-16-31-25-17-21(5)23(19(2)3)18-26(25)32(29,30)28-14-12-27(13-15-28)24-11-9-10-20(4)22(24)6/h9-11,17-19H,7-8,12-16H2,1-6H3. The largest absolute Gasteiger partial charge is 0.492 e. The Morgan fingerprint density at radius 2 is 1.69 bits per heavy atom. The predicted molar refractivity (Wildman–Crippen MR) is 133 cm³/mol. The number of nitrogens with zero attached hydrogens (tertiary/aromatic N) is 2. The highest BCUT2D eigenvalue weighted by Crippen LogP contribution is 2.34. The van der Waals surface area contributed by atoms with Crippen LogP contribution in [-0.2, 0) is 10.0 Å². The zero-order valence-corrected chi connectivity index (χ0v) is 21.3. The summed E-state index contributed by atoms with van der Waals surface area (Å²) >= 11 is 0. The first-order valence-corrected chi connectivity index (χ1v) is 13.2. The zero-order chi connectivity index (χ0) is 23.5. The second kappa shape index (κ2) is 10.3. The highest BCUT2D eigenvalue weighted by Gasteiger charge is 2.32. The highest BCUT2D eigenvalue weighted by atomic mass is 32.2. The van der Waals surface area contributed by atoms with Crippen LogP contribution >= 0.6 is 0 Å². The molecule has 0 radical (unpaired) electrons. The Labute approximate surface area is 194 Å². The number of aryl methyl sites for hydroxylation is 2. The molecule has 1 aliphatic heterocycles. The van der Waals surface area contributed by atoms with Gasteiger partial charge in [0.15, 0.2) is 0 Å². The van der Waals surface area contributed by atoms with Gasteiger partial charge in [0.25, 0.3) is 0 Å². The number of piperazine rings is 1. The number of hydrogen-bond donors (Lipinski definition) is 0. The third kappa shape index (κ3) is 5.12. The summed E-state index contributed by atoms with van der Waals surface area (Å²) in [5, 5.41) is 0. The van der Waals surface area contributed by atoms with Gasteiger partial charge in [0.05, 0.1) is 6.61 Å². The van der Waals surface area contributed by atoms with E-state index in [0.717, 1.165) is 24.0 Å². The Morgan fingerprint density at radius 1 is 1.00 bits per heavy atom. The number of ether oxygens (including phenoxy) is 1. The van der Waals surface area contributed by atoms with E-state index in [2.05, 4.69) is 57.7 Å². The van der Waals surface area contributed by atoms with Crippen molar-refractivity contribution in [2.24, 2.45) is 0 Å². The van der Waals surface area contributed by atoms with Crippen molar-refractivity contribution in [3.63, 3.8) is 0 Å². The first-order chi connectivity index (χ1) is 15.2. The van der Waals surface area contributed by atoms with E-state index in [4.69, 9.17) is 4.74 Å². The molecular formula is C26H38N2O3S. The van der Waals surface area contributed by atoms with Crippen LogP contribution in [-0.4, -0.2) is 45.5 Å². The van der Waals surface area contributed by atoms with Crippen molar-refractivity contribution in [3.05, 3.63) is 52.6 Å². The SMILES string of the molecule is CCCCOc1cc(C)c(C(C)C)cc1S(=O)(=O)N1CCN(c2cccc(C)c2C)CC1. The van der Waals surface area contributed by atoms with Crippen molar-refractivity contribution < 1.29 is 13.2 Å². The predicted octanol–water partition coefficient (Wildman–Crippen LogP) is 5.43. The van der Waals surface area contributed by atoms with Crippen LogP contribution in [0.5, 0.6) is 5.75 Å². The van der Waals surface area contributed by atoms with Crippen molar-refractivity contribution in [1.82, 2.24) is 4.31 Å². The molecule has 32 heavy (non-hydrogen) atoms. The molecule has 0 atom stereocenters. The quantitative estimate of drug-likeness (QED) is 0.495. The lowest BCUT2D eigenvalue weighted by molar-refractivity contribution is 0.299. The van der Waals surface area contributed by atoms with Crippen molar-refractivity contribution >= 4 is 15.7 Å². The fourth-order valence-electron chi connectivity index (χ4n) is 4.33. The molecule has 0 saturated carbocycles. The Hall–Kier alpha value is -2.05. The molecule has 5 nitrogen and oxygen atoms in total. The number of rotatable bonds is 8. The molecule has 0 N–H and O–H groups in total. The molecule has 3 rings (SSSR count). The molecule has 1 fully saturated rings. The smallest absolute Gasteiger partial charge is 0.246 e. The summed E-state index contributed by atoms with van der Waals surface area (Å²) in [6.45, 7) is 15.4. The maximum Gasteiger partial charge on any atom is 0.246 e. The monoisotopic (exact) mass is 458 g/mol. The van der Waals surface area contributed by atoms with Gasteiger partial charge in [-0.3, -0.25) is 0 Å². The molecule has 176 valence electrons. The number of benzene rings is 2. The van der Waals surface area contributed by atoms with Crippen LogP contribution in [0.4, 0.5) is 5.69 Å². The highest BCUT2D eigenvalue weighted by molar-refractivity contribution is 7.89. The van der Waals surface area contributed by atoms with Gasteiger partial charge in [0, 0.05) is 31.9 Å². The van der Waals surface area contributed by atoms with Crippen molar-refractivity contribution in [2.75, 3.05) is 37.7 Å². The summed E-state index contributed by atoms with van der Waals surface area (Å²) in [7, 11) is -3.64. The number of unbranched alkanes of at least 4 members (excludes halogenated alkanes) is 1. The molecule has 0 amide bonds. The van der Waals surface area contributed by atoms with E-state index in [0.29, 0.717) is 43.4 Å². The minimum absolute atomic E-state index is 0.245. The molecule has 1 saturated heterocycles. The Kier molecular flexibility index (Phi) is 7.88. The van der Waals surface area contributed by atoms with Crippen LogP contribution in [0, 0.1) is 20.8 Å². The fraction of sp³-hybridized carbons (Fsp3) is 0.538. The van der Waals surface area contributed by atoms with E-state index in [1.165, 1.54) is 16.8 Å². The Morgan fingerprint density at radius 3 is 2.31 bits per heavy atom. The van der Waals surface area contributed by atoms with Crippen LogP contribution in [0.15, 0.2) is 35.2 Å². The van der Waals surface area contributed by atoms with E-state index in [-0.39, 0.29) is 5.92 Å². The third-order valence-corrected chi connectivity index (χ3v) is 8.40. The van der Waals surface area contributed by atoms with E-state index in [1.54, 1.807) is 4.31 Å². The molecule has 1 aliphatic rings. The third-order valence-electron chi connectivity index (χ3n) is 6.48. The van der Waals surface area contributed by atoms with Gasteiger partial charge in [-0.2, -0.15) is 4.31 Å². The number of hydrogen-bond acceptors (Lipinski definition) is 4. The first kappa shape index (κ1) is 24.6. The molecule has 0 unspecified atom stereocenters. The van der Waals surface area contributed by atoms with Crippen LogP contribution in [0.2, 0.25) is 0 Å². The zero-order valence-electron chi connectivity index (χ0n) is 20.4. The number of sulfonamides is 1. The minimum atomic E-state index is -3.64. The van der Waals surface area contributed by atoms with Crippen molar-refractivity contribution in [2.45, 2.75) is 65.2 Å². The molecule has 6 heteroatoms. The maximum atomic E-state index is 13.7. The molecule has 2 aromatic carbocycles. The Bertz CT molecular complexity index is 1040. The van der Waals surface area contributed by atoms with Crippen molar-refractivity contribution in [1.29, 1.82) is 0 Å². The van der Waals surface area contributed by atoms with E-state index in [9.17, 15) is 8.42 Å². The normalized spacial score (nSPS) is 15.4. The molecule has 2 aromatic rings. The second-order valence-electron chi connectivity index (χ2n) is 9.12. The average molecular weight is 459 g/mol. The first-order valence-electron chi connectivity index (χ1n) is 11.8. The van der Waals surface area contributed by atoms with Gasteiger partial charge in [-0.05, 0) is 73.6 Å². The Balaban J connectivity index is 1.87. The van der Waals surface area contributed by atoms with Gasteiger partial charge in [-0.15, -0.1) is 0 Å². The molecule has 0 aromatic heterocycles. The van der Waals surface area contributed by atoms with Gasteiger partial charge < -0.3 is 9.64 Å². The summed E-state index contributed by atoms with van der Waals surface area (Å²) in [5.41, 5.74) is 5.84. The molecule has 0 spiro atoms. The van der Waals surface area contributed by atoms with E-state index < -0.39 is 10.0 Å². The van der Waals surface area contributed by atoms with Gasteiger partial charge in [0.2, 0.25) is 10.0 Å². The summed E-state index contributed by atoms with van der Waals surface area (Å²) in [6.07, 6.45) is 1.91. The molecule has 1 heterocycles. The van der Waals surface area contributed by atoms with Crippen LogP contribution < -0.4 is 9.64 Å². The summed E-state index contributed by atoms with van der Waals surface area (Å²) in [5.74, 6) is 0.729. The van der Waals surface area contributed by atoms with Crippen molar-refractivity contribution in [3.8, 4) is 5.75 Å². The van der Waals surface area contributed by atoms with Crippen LogP contribution in [0.3, 0.4) is 0 Å². The fourth-order valence-corrected chi connectivity index (χ4v) is 5.90. The van der Waals surface area contributed by atoms with E-state index in [1.807, 2.05) is 19.1 Å². The van der Waals surface area contributed by atoms with E-state index >= 15 is 0 Å².